The number of benzene rings is 1. The molecule has 0 atom stereocenters. The van der Waals surface area contributed by atoms with Crippen LogP contribution in [0.15, 0.2) is 30.5 Å². The first-order valence-corrected chi connectivity index (χ1v) is 5.69. The van der Waals surface area contributed by atoms with Gasteiger partial charge in [0.1, 0.15) is 5.82 Å². The second-order valence-electron chi connectivity index (χ2n) is 4.47. The van der Waals surface area contributed by atoms with E-state index in [0.717, 1.165) is 11.3 Å². The first-order chi connectivity index (χ1) is 8.50. The van der Waals surface area contributed by atoms with Crippen LogP contribution >= 0.6 is 0 Å². The number of aromatic nitrogens is 1. The van der Waals surface area contributed by atoms with Crippen LogP contribution in [0.25, 0.3) is 11.3 Å². The molecule has 0 aliphatic carbocycles. The quantitative estimate of drug-likeness (QED) is 0.884. The van der Waals surface area contributed by atoms with Crippen LogP contribution in [0.2, 0.25) is 0 Å². The summed E-state index contributed by atoms with van der Waals surface area (Å²) in [5, 5.41) is 0. The van der Waals surface area contributed by atoms with Crippen molar-refractivity contribution in [1.82, 2.24) is 4.98 Å². The van der Waals surface area contributed by atoms with Crippen LogP contribution in [0.1, 0.15) is 5.56 Å². The molecule has 18 heavy (non-hydrogen) atoms. The van der Waals surface area contributed by atoms with E-state index in [2.05, 4.69) is 4.98 Å². The van der Waals surface area contributed by atoms with E-state index in [1.807, 2.05) is 38.1 Å². The third kappa shape index (κ3) is 2.14. The minimum atomic E-state index is -0.301. The largest absolute Gasteiger partial charge is 0.395 e. The predicted molar refractivity (Wildman–Crippen MR) is 73.1 cm³/mol. The molecule has 0 spiro atoms. The van der Waals surface area contributed by atoms with Crippen molar-refractivity contribution in [2.75, 3.05) is 24.7 Å². The molecule has 0 aliphatic rings. The summed E-state index contributed by atoms with van der Waals surface area (Å²) in [7, 11) is 3.78. The van der Waals surface area contributed by atoms with Crippen LogP contribution < -0.4 is 10.6 Å². The number of halogens is 1. The van der Waals surface area contributed by atoms with E-state index >= 15 is 0 Å². The summed E-state index contributed by atoms with van der Waals surface area (Å²) in [6.07, 6.45) is 1.64. The molecule has 0 fully saturated rings. The summed E-state index contributed by atoms with van der Waals surface area (Å²) in [5.41, 5.74) is 9.17. The van der Waals surface area contributed by atoms with Crippen molar-refractivity contribution in [2.45, 2.75) is 6.92 Å². The SMILES string of the molecule is Cc1ccc(-c2nccc(N(C)C)c2N)c(F)c1. The number of nitrogens with zero attached hydrogens (tertiary/aromatic N) is 2. The molecule has 2 aromatic rings. The minimum Gasteiger partial charge on any atom is -0.395 e. The van der Waals surface area contributed by atoms with E-state index in [1.54, 1.807) is 12.3 Å². The Morgan fingerprint density at radius 1 is 1.22 bits per heavy atom. The summed E-state index contributed by atoms with van der Waals surface area (Å²) >= 11 is 0. The standard InChI is InChI=1S/C14H16FN3/c1-9-4-5-10(11(15)8-9)14-13(16)12(18(2)3)6-7-17-14/h4-8H,16H2,1-3H3. The Morgan fingerprint density at radius 2 is 1.94 bits per heavy atom. The number of hydrogen-bond acceptors (Lipinski definition) is 3. The van der Waals surface area contributed by atoms with Gasteiger partial charge in [-0.3, -0.25) is 4.98 Å². The Morgan fingerprint density at radius 3 is 2.56 bits per heavy atom. The van der Waals surface area contributed by atoms with Crippen LogP contribution in [0.5, 0.6) is 0 Å². The van der Waals surface area contributed by atoms with Gasteiger partial charge in [-0.05, 0) is 30.7 Å². The van der Waals surface area contributed by atoms with E-state index in [9.17, 15) is 4.39 Å². The molecular weight excluding hydrogens is 229 g/mol. The number of aryl methyl sites for hydroxylation is 1. The van der Waals surface area contributed by atoms with Crippen LogP contribution in [0.3, 0.4) is 0 Å². The van der Waals surface area contributed by atoms with Crippen molar-refractivity contribution in [3.63, 3.8) is 0 Å². The highest BCUT2D eigenvalue weighted by atomic mass is 19.1. The molecule has 1 aromatic carbocycles. The summed E-state index contributed by atoms with van der Waals surface area (Å²) in [5.74, 6) is -0.301. The minimum absolute atomic E-state index is 0.301. The van der Waals surface area contributed by atoms with Crippen LogP contribution in [-0.2, 0) is 0 Å². The highest BCUT2D eigenvalue weighted by molar-refractivity contribution is 5.82. The number of rotatable bonds is 2. The molecule has 1 aromatic heterocycles. The van der Waals surface area contributed by atoms with Crippen LogP contribution in [-0.4, -0.2) is 19.1 Å². The molecule has 3 nitrogen and oxygen atoms in total. The zero-order chi connectivity index (χ0) is 13.3. The smallest absolute Gasteiger partial charge is 0.132 e. The molecule has 0 saturated heterocycles. The first kappa shape index (κ1) is 12.4. The summed E-state index contributed by atoms with van der Waals surface area (Å²) in [4.78, 5) is 6.07. The van der Waals surface area contributed by atoms with E-state index in [4.69, 9.17) is 5.73 Å². The summed E-state index contributed by atoms with van der Waals surface area (Å²) in [6, 6.07) is 6.86. The van der Waals surface area contributed by atoms with E-state index in [1.165, 1.54) is 6.07 Å². The van der Waals surface area contributed by atoms with Crippen molar-refractivity contribution >= 4 is 11.4 Å². The Balaban J connectivity index is 2.61. The molecule has 2 N–H and O–H groups in total. The molecule has 2 rings (SSSR count). The fraction of sp³-hybridized carbons (Fsp3) is 0.214. The maximum Gasteiger partial charge on any atom is 0.132 e. The number of anilines is 2. The lowest BCUT2D eigenvalue weighted by molar-refractivity contribution is 0.629. The third-order valence-electron chi connectivity index (χ3n) is 2.83. The molecule has 0 unspecified atom stereocenters. The zero-order valence-electron chi connectivity index (χ0n) is 10.7. The number of pyridine rings is 1. The summed E-state index contributed by atoms with van der Waals surface area (Å²) in [6.45, 7) is 1.85. The third-order valence-corrected chi connectivity index (χ3v) is 2.83. The van der Waals surface area contributed by atoms with Crippen molar-refractivity contribution in [3.8, 4) is 11.3 Å². The normalized spacial score (nSPS) is 10.4. The highest BCUT2D eigenvalue weighted by Crippen LogP contribution is 2.32. The summed E-state index contributed by atoms with van der Waals surface area (Å²) < 4.78 is 13.9. The molecule has 0 saturated carbocycles. The molecule has 4 heteroatoms. The van der Waals surface area contributed by atoms with Gasteiger partial charge < -0.3 is 10.6 Å². The van der Waals surface area contributed by atoms with Gasteiger partial charge in [0, 0.05) is 25.9 Å². The van der Waals surface area contributed by atoms with Gasteiger partial charge in [-0.25, -0.2) is 4.39 Å². The van der Waals surface area contributed by atoms with Crippen molar-refractivity contribution in [1.29, 1.82) is 0 Å². The lowest BCUT2D eigenvalue weighted by atomic mass is 10.1. The van der Waals surface area contributed by atoms with Crippen molar-refractivity contribution in [2.24, 2.45) is 0 Å². The van der Waals surface area contributed by atoms with Crippen LogP contribution in [0.4, 0.5) is 15.8 Å². The maximum atomic E-state index is 13.9. The van der Waals surface area contributed by atoms with Crippen molar-refractivity contribution < 1.29 is 4.39 Å². The van der Waals surface area contributed by atoms with Crippen molar-refractivity contribution in [3.05, 3.63) is 41.8 Å². The van der Waals surface area contributed by atoms with Gasteiger partial charge in [0.2, 0.25) is 0 Å². The van der Waals surface area contributed by atoms with Gasteiger partial charge in [-0.15, -0.1) is 0 Å². The lowest BCUT2D eigenvalue weighted by Crippen LogP contribution is -2.12. The average Bonchev–Trinajstić information content (AvgIpc) is 2.30. The molecule has 0 aliphatic heterocycles. The van der Waals surface area contributed by atoms with E-state index < -0.39 is 0 Å². The number of nitrogen functional groups attached to an aromatic ring is 1. The Kier molecular flexibility index (Phi) is 3.19. The highest BCUT2D eigenvalue weighted by Gasteiger charge is 2.13. The van der Waals surface area contributed by atoms with Gasteiger partial charge in [-0.2, -0.15) is 0 Å². The van der Waals surface area contributed by atoms with Crippen LogP contribution in [0, 0.1) is 12.7 Å². The molecule has 0 bridgehead atoms. The lowest BCUT2D eigenvalue weighted by Gasteiger charge is -2.17. The second kappa shape index (κ2) is 4.64. The molecule has 94 valence electrons. The molecule has 0 radical (unpaired) electrons. The number of nitrogens with two attached hydrogens (primary N) is 1. The zero-order valence-corrected chi connectivity index (χ0v) is 10.7. The monoisotopic (exact) mass is 245 g/mol. The van der Waals surface area contributed by atoms with E-state index in [0.29, 0.717) is 16.9 Å². The Bertz CT molecular complexity index is 579. The fourth-order valence-corrected chi connectivity index (χ4v) is 1.88. The molecular formula is C14H16FN3. The van der Waals surface area contributed by atoms with Gasteiger partial charge >= 0.3 is 0 Å². The first-order valence-electron chi connectivity index (χ1n) is 5.69. The average molecular weight is 245 g/mol. The molecule has 0 amide bonds. The number of hydrogen-bond donors (Lipinski definition) is 1. The van der Waals surface area contributed by atoms with E-state index in [-0.39, 0.29) is 5.82 Å². The topological polar surface area (TPSA) is 42.2 Å². The van der Waals surface area contributed by atoms with Gasteiger partial charge in [-0.1, -0.05) is 6.07 Å². The predicted octanol–water partition coefficient (Wildman–Crippen LogP) is 2.84. The maximum absolute atomic E-state index is 13.9. The Labute approximate surface area is 106 Å². The van der Waals surface area contributed by atoms with Gasteiger partial charge in [0.05, 0.1) is 17.1 Å². The molecule has 1 heterocycles. The van der Waals surface area contributed by atoms with Gasteiger partial charge in [0.25, 0.3) is 0 Å². The second-order valence-corrected chi connectivity index (χ2v) is 4.47. The fourth-order valence-electron chi connectivity index (χ4n) is 1.88. The Hall–Kier alpha value is -2.10. The van der Waals surface area contributed by atoms with Gasteiger partial charge in [0.15, 0.2) is 0 Å².